The second-order valence-corrected chi connectivity index (χ2v) is 6.25. The number of benzene rings is 2. The maximum atomic E-state index is 12.4. The van der Waals surface area contributed by atoms with Crippen LogP contribution in [0.4, 0.5) is 0 Å². The van der Waals surface area contributed by atoms with Crippen LogP contribution in [0.2, 0.25) is 0 Å². The highest BCUT2D eigenvalue weighted by atomic mass is 16.3. The molecule has 0 saturated carbocycles. The smallest absolute Gasteiger partial charge is 0.255 e. The van der Waals surface area contributed by atoms with Gasteiger partial charge in [0.15, 0.2) is 0 Å². The number of carbonyl (C=O) groups excluding carboxylic acids is 2. The fraction of sp³-hybridized carbons (Fsp3) is 0.300. The Morgan fingerprint density at radius 2 is 1.64 bits per heavy atom. The number of nitrogens with zero attached hydrogens (tertiary/aromatic N) is 1. The summed E-state index contributed by atoms with van der Waals surface area (Å²) in [6, 6.07) is 13.7. The summed E-state index contributed by atoms with van der Waals surface area (Å²) < 4.78 is 0. The molecule has 5 nitrogen and oxygen atoms in total. The predicted octanol–water partition coefficient (Wildman–Crippen LogP) is 2.95. The van der Waals surface area contributed by atoms with Gasteiger partial charge in [-0.2, -0.15) is 0 Å². The van der Waals surface area contributed by atoms with Gasteiger partial charge < -0.3 is 15.3 Å². The molecule has 130 valence electrons. The molecular weight excluding hydrogens is 316 g/mol. The van der Waals surface area contributed by atoms with Gasteiger partial charge in [-0.3, -0.25) is 9.59 Å². The summed E-state index contributed by atoms with van der Waals surface area (Å²) in [6.45, 7) is 2.00. The zero-order valence-corrected chi connectivity index (χ0v) is 14.1. The maximum absolute atomic E-state index is 12.4. The molecule has 3 rings (SSSR count). The van der Waals surface area contributed by atoms with Crippen LogP contribution in [0, 0.1) is 0 Å². The minimum Gasteiger partial charge on any atom is -0.507 e. The van der Waals surface area contributed by atoms with Gasteiger partial charge in [0.1, 0.15) is 5.75 Å². The first kappa shape index (κ1) is 17.0. The number of hydrogen-bond acceptors (Lipinski definition) is 3. The van der Waals surface area contributed by atoms with Gasteiger partial charge in [0, 0.05) is 25.2 Å². The maximum Gasteiger partial charge on any atom is 0.255 e. The predicted molar refractivity (Wildman–Crippen MR) is 95.5 cm³/mol. The summed E-state index contributed by atoms with van der Waals surface area (Å²) in [5, 5.41) is 12.5. The molecule has 1 saturated heterocycles. The standard InChI is InChI=1S/C20H22N2O3/c23-18-7-3-2-6-17(18)19(24)21-14-15-8-10-16(11-9-15)20(25)22-12-4-1-5-13-22/h2-3,6-11,23H,1,4-5,12-14H2,(H,21,24). The molecule has 0 radical (unpaired) electrons. The van der Waals surface area contributed by atoms with E-state index >= 15 is 0 Å². The molecule has 5 heteroatoms. The van der Waals surface area contributed by atoms with Crippen molar-refractivity contribution in [2.45, 2.75) is 25.8 Å². The van der Waals surface area contributed by atoms with E-state index in [2.05, 4.69) is 5.32 Å². The zero-order chi connectivity index (χ0) is 17.6. The van der Waals surface area contributed by atoms with E-state index in [1.165, 1.54) is 12.5 Å². The largest absolute Gasteiger partial charge is 0.507 e. The van der Waals surface area contributed by atoms with Gasteiger partial charge in [-0.15, -0.1) is 0 Å². The van der Waals surface area contributed by atoms with Crippen LogP contribution >= 0.6 is 0 Å². The van der Waals surface area contributed by atoms with Crippen LogP contribution in [0.25, 0.3) is 0 Å². The van der Waals surface area contributed by atoms with E-state index < -0.39 is 0 Å². The van der Waals surface area contributed by atoms with Crippen molar-refractivity contribution >= 4 is 11.8 Å². The molecule has 1 fully saturated rings. The minimum atomic E-state index is -0.327. The number of para-hydroxylation sites is 1. The first-order valence-corrected chi connectivity index (χ1v) is 8.59. The van der Waals surface area contributed by atoms with Crippen molar-refractivity contribution < 1.29 is 14.7 Å². The Hall–Kier alpha value is -2.82. The molecule has 2 amide bonds. The summed E-state index contributed by atoms with van der Waals surface area (Å²) >= 11 is 0. The van der Waals surface area contributed by atoms with E-state index in [0.717, 1.165) is 31.5 Å². The minimum absolute atomic E-state index is 0.0394. The quantitative estimate of drug-likeness (QED) is 0.900. The van der Waals surface area contributed by atoms with E-state index in [0.29, 0.717) is 12.1 Å². The van der Waals surface area contributed by atoms with Crippen LogP contribution < -0.4 is 5.32 Å². The van der Waals surface area contributed by atoms with Crippen molar-refractivity contribution in [2.24, 2.45) is 0 Å². The van der Waals surface area contributed by atoms with E-state index in [9.17, 15) is 14.7 Å². The number of hydrogen-bond donors (Lipinski definition) is 2. The third-order valence-corrected chi connectivity index (χ3v) is 4.45. The Labute approximate surface area is 147 Å². The highest BCUT2D eigenvalue weighted by molar-refractivity contribution is 5.96. The van der Waals surface area contributed by atoms with Gasteiger partial charge >= 0.3 is 0 Å². The lowest BCUT2D eigenvalue weighted by Gasteiger charge is -2.26. The highest BCUT2D eigenvalue weighted by Crippen LogP contribution is 2.16. The summed E-state index contributed by atoms with van der Waals surface area (Å²) in [4.78, 5) is 26.4. The Morgan fingerprint density at radius 3 is 2.32 bits per heavy atom. The fourth-order valence-corrected chi connectivity index (χ4v) is 2.99. The number of amides is 2. The lowest BCUT2D eigenvalue weighted by molar-refractivity contribution is 0.0724. The average Bonchev–Trinajstić information content (AvgIpc) is 2.67. The van der Waals surface area contributed by atoms with Gasteiger partial charge in [-0.05, 0) is 49.1 Å². The van der Waals surface area contributed by atoms with Crippen molar-refractivity contribution in [1.82, 2.24) is 10.2 Å². The molecule has 0 aliphatic carbocycles. The van der Waals surface area contributed by atoms with Crippen molar-refractivity contribution in [1.29, 1.82) is 0 Å². The fourth-order valence-electron chi connectivity index (χ4n) is 2.99. The molecular formula is C20H22N2O3. The third-order valence-electron chi connectivity index (χ3n) is 4.45. The van der Waals surface area contributed by atoms with Crippen molar-refractivity contribution in [3.05, 3.63) is 65.2 Å². The number of likely N-dealkylation sites (tertiary alicyclic amines) is 1. The molecule has 0 unspecified atom stereocenters. The Balaban J connectivity index is 1.58. The molecule has 1 aliphatic heterocycles. The van der Waals surface area contributed by atoms with Gasteiger partial charge in [0.05, 0.1) is 5.56 Å². The number of rotatable bonds is 4. The van der Waals surface area contributed by atoms with Crippen LogP contribution in [-0.2, 0) is 6.54 Å². The third kappa shape index (κ3) is 4.18. The summed E-state index contributed by atoms with van der Waals surface area (Å²) in [6.07, 6.45) is 3.34. The van der Waals surface area contributed by atoms with Crippen molar-refractivity contribution in [2.75, 3.05) is 13.1 Å². The molecule has 2 aromatic rings. The molecule has 0 atom stereocenters. The molecule has 0 aromatic heterocycles. The number of nitrogens with one attached hydrogen (secondary N) is 1. The normalized spacial score (nSPS) is 14.2. The Kier molecular flexibility index (Phi) is 5.33. The van der Waals surface area contributed by atoms with Crippen molar-refractivity contribution in [3.8, 4) is 5.75 Å². The van der Waals surface area contributed by atoms with Crippen molar-refractivity contribution in [3.63, 3.8) is 0 Å². The summed E-state index contributed by atoms with van der Waals surface area (Å²) in [5.41, 5.74) is 1.83. The number of carbonyl (C=O) groups is 2. The molecule has 2 N–H and O–H groups in total. The van der Waals surface area contributed by atoms with Gasteiger partial charge in [-0.25, -0.2) is 0 Å². The summed E-state index contributed by atoms with van der Waals surface area (Å²) in [7, 11) is 0. The van der Waals surface area contributed by atoms with E-state index in [1.54, 1.807) is 30.3 Å². The molecule has 1 aliphatic rings. The SMILES string of the molecule is O=C(NCc1ccc(C(=O)N2CCCCC2)cc1)c1ccccc1O. The highest BCUT2D eigenvalue weighted by Gasteiger charge is 2.18. The van der Waals surface area contributed by atoms with E-state index in [1.807, 2.05) is 17.0 Å². The average molecular weight is 338 g/mol. The Bertz CT molecular complexity index is 750. The Morgan fingerprint density at radius 1 is 0.960 bits per heavy atom. The number of aromatic hydroxyl groups is 1. The molecule has 0 bridgehead atoms. The molecule has 1 heterocycles. The lowest BCUT2D eigenvalue weighted by atomic mass is 10.1. The number of phenols is 1. The molecule has 0 spiro atoms. The lowest BCUT2D eigenvalue weighted by Crippen LogP contribution is -2.35. The first-order valence-electron chi connectivity index (χ1n) is 8.59. The van der Waals surface area contributed by atoms with Crippen LogP contribution in [-0.4, -0.2) is 34.9 Å². The first-order chi connectivity index (χ1) is 12.1. The van der Waals surface area contributed by atoms with E-state index in [4.69, 9.17) is 0 Å². The van der Waals surface area contributed by atoms with Crippen LogP contribution in [0.3, 0.4) is 0 Å². The monoisotopic (exact) mass is 338 g/mol. The van der Waals surface area contributed by atoms with Gasteiger partial charge in [0.25, 0.3) is 11.8 Å². The second kappa shape index (κ2) is 7.83. The summed E-state index contributed by atoms with van der Waals surface area (Å²) in [5.74, 6) is -0.293. The number of piperidine rings is 1. The van der Waals surface area contributed by atoms with Crippen LogP contribution in [0.15, 0.2) is 48.5 Å². The van der Waals surface area contributed by atoms with Crippen LogP contribution in [0.1, 0.15) is 45.5 Å². The van der Waals surface area contributed by atoms with Gasteiger partial charge in [0.2, 0.25) is 0 Å². The zero-order valence-electron chi connectivity index (χ0n) is 14.1. The molecule has 25 heavy (non-hydrogen) atoms. The van der Waals surface area contributed by atoms with Crippen LogP contribution in [0.5, 0.6) is 5.75 Å². The van der Waals surface area contributed by atoms with E-state index in [-0.39, 0.29) is 23.1 Å². The van der Waals surface area contributed by atoms with Gasteiger partial charge in [-0.1, -0.05) is 24.3 Å². The second-order valence-electron chi connectivity index (χ2n) is 6.25. The number of phenolic OH excluding ortho intramolecular Hbond substituents is 1. The topological polar surface area (TPSA) is 69.6 Å². The molecule has 2 aromatic carbocycles.